The molecule has 0 bridgehead atoms. The van der Waals surface area contributed by atoms with Gasteiger partial charge in [0, 0.05) is 43.9 Å². The molecule has 0 spiro atoms. The van der Waals surface area contributed by atoms with E-state index < -0.39 is 21.6 Å². The van der Waals surface area contributed by atoms with Crippen LogP contribution in [-0.2, 0) is 21.6 Å². The normalized spacial score (nSPS) is 12.7. The van der Waals surface area contributed by atoms with Crippen molar-refractivity contribution in [2.75, 3.05) is 12.5 Å². The number of fused-ring (bicyclic) bond motifs is 1. The van der Waals surface area contributed by atoms with Crippen LogP contribution in [0.2, 0.25) is 0 Å². The number of hydrogen-bond acceptors (Lipinski definition) is 2. The molecule has 4 aromatic carbocycles. The van der Waals surface area contributed by atoms with Crippen molar-refractivity contribution < 1.29 is 8.42 Å². The highest BCUT2D eigenvalue weighted by Crippen LogP contribution is 2.21. The Morgan fingerprint density at radius 3 is 1.50 bits per heavy atom. The van der Waals surface area contributed by atoms with Gasteiger partial charge in [-0.15, -0.1) is 0 Å². The fraction of sp³-hybridized carbons (Fsp3) is 0.154. The van der Waals surface area contributed by atoms with E-state index in [1.54, 1.807) is 12.5 Å². The largest absolute Gasteiger partial charge is 0.255 e. The first-order chi connectivity index (χ1) is 14.3. The average Bonchev–Trinajstić information content (AvgIpc) is 2.74. The van der Waals surface area contributed by atoms with E-state index in [4.69, 9.17) is 0 Å². The minimum Gasteiger partial charge on any atom is -0.255 e. The monoisotopic (exact) mass is 434 g/mol. The van der Waals surface area contributed by atoms with Crippen LogP contribution in [0.5, 0.6) is 0 Å². The SMILES string of the molecule is Cc1ccc(-c2ccc(S(C)=O)cc2)cc1.Cc1ccc2cc(S(C)=O)ccc2c1. The molecule has 4 rings (SSSR count). The van der Waals surface area contributed by atoms with Gasteiger partial charge < -0.3 is 0 Å². The Bertz CT molecular complexity index is 1190. The van der Waals surface area contributed by atoms with E-state index in [2.05, 4.69) is 56.3 Å². The summed E-state index contributed by atoms with van der Waals surface area (Å²) >= 11 is 0. The Labute approximate surface area is 183 Å². The lowest BCUT2D eigenvalue weighted by Crippen LogP contribution is -1.86. The first-order valence-corrected chi connectivity index (χ1v) is 12.8. The Morgan fingerprint density at radius 1 is 0.500 bits per heavy atom. The number of hydrogen-bond donors (Lipinski definition) is 0. The lowest BCUT2D eigenvalue weighted by molar-refractivity contribution is 0.686. The zero-order valence-corrected chi connectivity index (χ0v) is 19.3. The van der Waals surface area contributed by atoms with Gasteiger partial charge in [-0.1, -0.05) is 71.8 Å². The van der Waals surface area contributed by atoms with Gasteiger partial charge in [-0.05, 0) is 60.0 Å². The van der Waals surface area contributed by atoms with Crippen LogP contribution in [0.1, 0.15) is 11.1 Å². The zero-order chi connectivity index (χ0) is 21.7. The third-order valence-corrected chi connectivity index (χ3v) is 6.72. The van der Waals surface area contributed by atoms with E-state index in [1.807, 2.05) is 42.5 Å². The topological polar surface area (TPSA) is 34.1 Å². The van der Waals surface area contributed by atoms with E-state index in [0.29, 0.717) is 0 Å². The van der Waals surface area contributed by atoms with Crippen molar-refractivity contribution in [3.8, 4) is 11.1 Å². The summed E-state index contributed by atoms with van der Waals surface area (Å²) in [5, 5.41) is 2.36. The van der Waals surface area contributed by atoms with Crippen LogP contribution in [0.15, 0.2) is 94.7 Å². The molecule has 0 fully saturated rings. The van der Waals surface area contributed by atoms with Crippen LogP contribution in [0.3, 0.4) is 0 Å². The molecule has 0 aliphatic rings. The molecule has 0 heterocycles. The maximum absolute atomic E-state index is 11.3. The maximum atomic E-state index is 11.3. The fourth-order valence-corrected chi connectivity index (χ4v) is 4.18. The fourth-order valence-electron chi connectivity index (χ4n) is 3.11. The highest BCUT2D eigenvalue weighted by atomic mass is 32.2. The summed E-state index contributed by atoms with van der Waals surface area (Å²) in [6.45, 7) is 4.15. The van der Waals surface area contributed by atoms with Gasteiger partial charge in [0.2, 0.25) is 0 Å². The molecule has 0 amide bonds. The molecule has 2 nitrogen and oxygen atoms in total. The second-order valence-electron chi connectivity index (χ2n) is 7.31. The molecule has 0 saturated carbocycles. The number of benzene rings is 4. The van der Waals surface area contributed by atoms with Crippen LogP contribution in [0, 0.1) is 13.8 Å². The lowest BCUT2D eigenvalue weighted by Gasteiger charge is -2.03. The smallest absolute Gasteiger partial charge is 0.0498 e. The van der Waals surface area contributed by atoms with Crippen LogP contribution in [0.4, 0.5) is 0 Å². The molecule has 0 radical (unpaired) electrons. The van der Waals surface area contributed by atoms with E-state index in [-0.39, 0.29) is 0 Å². The minimum atomic E-state index is -0.897. The molecular weight excluding hydrogens is 408 g/mol. The summed E-state index contributed by atoms with van der Waals surface area (Å²) in [6, 6.07) is 28.5. The second-order valence-corrected chi connectivity index (χ2v) is 10.1. The first-order valence-electron chi connectivity index (χ1n) is 9.68. The lowest BCUT2D eigenvalue weighted by atomic mass is 10.0. The van der Waals surface area contributed by atoms with Gasteiger partial charge in [0.25, 0.3) is 0 Å². The summed E-state index contributed by atoms with van der Waals surface area (Å²) in [5.74, 6) is 0. The summed E-state index contributed by atoms with van der Waals surface area (Å²) < 4.78 is 22.5. The van der Waals surface area contributed by atoms with Gasteiger partial charge in [-0.2, -0.15) is 0 Å². The summed E-state index contributed by atoms with van der Waals surface area (Å²) in [5.41, 5.74) is 4.87. The maximum Gasteiger partial charge on any atom is 0.0498 e. The Kier molecular flexibility index (Phi) is 7.35. The van der Waals surface area contributed by atoms with Crippen molar-refractivity contribution in [3.63, 3.8) is 0 Å². The highest BCUT2D eigenvalue weighted by Gasteiger charge is 2.00. The van der Waals surface area contributed by atoms with Gasteiger partial charge in [-0.25, -0.2) is 0 Å². The summed E-state index contributed by atoms with van der Waals surface area (Å²) in [6.07, 6.45) is 3.40. The van der Waals surface area contributed by atoms with Crippen LogP contribution < -0.4 is 0 Å². The van der Waals surface area contributed by atoms with Crippen LogP contribution in [0.25, 0.3) is 21.9 Å². The van der Waals surface area contributed by atoms with Gasteiger partial charge >= 0.3 is 0 Å². The molecule has 154 valence electrons. The molecule has 0 N–H and O–H groups in total. The van der Waals surface area contributed by atoms with Crippen LogP contribution in [-0.4, -0.2) is 20.9 Å². The predicted octanol–water partition coefficient (Wildman–Crippen LogP) is 6.29. The van der Waals surface area contributed by atoms with Crippen molar-refractivity contribution in [1.29, 1.82) is 0 Å². The molecule has 0 aliphatic heterocycles. The molecule has 2 unspecified atom stereocenters. The minimum absolute atomic E-state index is 0.871. The Morgan fingerprint density at radius 2 is 0.933 bits per heavy atom. The van der Waals surface area contributed by atoms with Crippen LogP contribution >= 0.6 is 0 Å². The highest BCUT2D eigenvalue weighted by molar-refractivity contribution is 7.84. The van der Waals surface area contributed by atoms with E-state index in [1.165, 1.54) is 22.1 Å². The number of rotatable bonds is 3. The third kappa shape index (κ3) is 5.74. The summed E-state index contributed by atoms with van der Waals surface area (Å²) in [4.78, 5) is 1.76. The molecule has 2 atom stereocenters. The molecule has 0 aromatic heterocycles. The standard InChI is InChI=1S/C14H14OS.C12H12OS/c1-11-3-5-12(6-4-11)13-7-9-14(10-8-13)16(2)15;1-9-3-4-11-8-12(14(2)13)6-5-10(11)7-9/h3-10H,1-2H3;3-8H,1-2H3. The third-order valence-electron chi connectivity index (χ3n) is 4.87. The molecule has 4 aromatic rings. The Hall–Kier alpha value is -2.56. The van der Waals surface area contributed by atoms with Crippen molar-refractivity contribution in [2.45, 2.75) is 23.6 Å². The predicted molar refractivity (Wildman–Crippen MR) is 130 cm³/mol. The molecular formula is C26H26O2S2. The Balaban J connectivity index is 0.000000172. The van der Waals surface area contributed by atoms with Crippen molar-refractivity contribution in [3.05, 3.63) is 96.1 Å². The average molecular weight is 435 g/mol. The zero-order valence-electron chi connectivity index (χ0n) is 17.7. The van der Waals surface area contributed by atoms with Gasteiger partial charge in [-0.3, -0.25) is 8.42 Å². The van der Waals surface area contributed by atoms with E-state index in [9.17, 15) is 8.42 Å². The van der Waals surface area contributed by atoms with Crippen molar-refractivity contribution in [2.24, 2.45) is 0 Å². The van der Waals surface area contributed by atoms with Crippen molar-refractivity contribution >= 4 is 32.4 Å². The molecule has 0 saturated heterocycles. The van der Waals surface area contributed by atoms with Crippen molar-refractivity contribution in [1.82, 2.24) is 0 Å². The molecule has 30 heavy (non-hydrogen) atoms. The van der Waals surface area contributed by atoms with E-state index >= 15 is 0 Å². The first kappa shape index (κ1) is 22.1. The van der Waals surface area contributed by atoms with Gasteiger partial charge in [0.1, 0.15) is 0 Å². The quantitative estimate of drug-likeness (QED) is 0.380. The number of aryl methyl sites for hydroxylation is 2. The van der Waals surface area contributed by atoms with Gasteiger partial charge in [0.05, 0.1) is 0 Å². The second kappa shape index (κ2) is 9.96. The molecule has 0 aliphatic carbocycles. The van der Waals surface area contributed by atoms with Gasteiger partial charge in [0.15, 0.2) is 0 Å². The molecule has 4 heteroatoms. The summed E-state index contributed by atoms with van der Waals surface area (Å²) in [7, 11) is -1.79. The van der Waals surface area contributed by atoms with E-state index in [0.717, 1.165) is 20.7 Å².